The molecule has 88 valence electrons. The highest BCUT2D eigenvalue weighted by atomic mass is 127. The predicted octanol–water partition coefficient (Wildman–Crippen LogP) is 3.79. The molecular formula is C10H18INO2S. The maximum atomic E-state index is 10.6. The van der Waals surface area contributed by atoms with Crippen LogP contribution in [0.2, 0.25) is 0 Å². The van der Waals surface area contributed by atoms with Crippen molar-refractivity contribution in [1.82, 2.24) is 5.32 Å². The summed E-state index contributed by atoms with van der Waals surface area (Å²) >= 11 is 6.41. The third-order valence-corrected chi connectivity index (χ3v) is 2.42. The Kier molecular flexibility index (Phi) is 10.7. The van der Waals surface area contributed by atoms with Crippen molar-refractivity contribution in [3.63, 3.8) is 0 Å². The Morgan fingerprint density at radius 2 is 1.87 bits per heavy atom. The summed E-state index contributed by atoms with van der Waals surface area (Å²) < 4.78 is 4.95. The second-order valence-electron chi connectivity index (χ2n) is 3.30. The van der Waals surface area contributed by atoms with Crippen LogP contribution < -0.4 is 5.32 Å². The molecule has 0 rings (SSSR count). The van der Waals surface area contributed by atoms with E-state index in [9.17, 15) is 4.79 Å². The van der Waals surface area contributed by atoms with Gasteiger partial charge in [0.05, 0.1) is 6.61 Å². The first-order chi connectivity index (χ1) is 7.16. The van der Waals surface area contributed by atoms with Crippen molar-refractivity contribution in [2.45, 2.75) is 45.4 Å². The van der Waals surface area contributed by atoms with E-state index in [1.165, 1.54) is 32.1 Å². The van der Waals surface area contributed by atoms with Gasteiger partial charge in [-0.05, 0) is 18.6 Å². The summed E-state index contributed by atoms with van der Waals surface area (Å²) in [5.74, 6) is 0. The van der Waals surface area contributed by atoms with E-state index < -0.39 is 0 Å². The van der Waals surface area contributed by atoms with E-state index in [-0.39, 0.29) is 9.09 Å². The van der Waals surface area contributed by atoms with E-state index >= 15 is 0 Å². The standard InChI is InChI=1S/C10H18INO2S/c1-2-3-4-5-6-7-8-14-10(15)12-9(11)13/h2-8H2,1H3,(H,12,13,15). The number of hydrogen-bond acceptors (Lipinski definition) is 3. The second kappa shape index (κ2) is 10.6. The minimum Gasteiger partial charge on any atom is -0.471 e. The molecule has 0 radical (unpaired) electrons. The van der Waals surface area contributed by atoms with Crippen LogP contribution in [-0.4, -0.2) is 15.7 Å². The van der Waals surface area contributed by atoms with Crippen LogP contribution in [-0.2, 0) is 4.74 Å². The highest BCUT2D eigenvalue weighted by molar-refractivity contribution is 14.1. The van der Waals surface area contributed by atoms with Crippen molar-refractivity contribution in [2.24, 2.45) is 0 Å². The lowest BCUT2D eigenvalue weighted by Crippen LogP contribution is -2.25. The number of rotatable bonds is 7. The number of amides is 1. The molecule has 0 aliphatic heterocycles. The van der Waals surface area contributed by atoms with Gasteiger partial charge in [0.15, 0.2) is 0 Å². The predicted molar refractivity (Wildman–Crippen MR) is 74.5 cm³/mol. The second-order valence-corrected chi connectivity index (χ2v) is 4.65. The molecule has 0 fully saturated rings. The molecule has 0 aromatic heterocycles. The number of thiocarbonyl (C=S) groups is 1. The average molecular weight is 343 g/mol. The molecule has 0 aliphatic carbocycles. The van der Waals surface area contributed by atoms with Crippen LogP contribution in [0.3, 0.4) is 0 Å². The highest BCUT2D eigenvalue weighted by Crippen LogP contribution is 2.04. The van der Waals surface area contributed by atoms with Crippen LogP contribution in [0.25, 0.3) is 0 Å². The van der Waals surface area contributed by atoms with Crippen LogP contribution >= 0.6 is 34.8 Å². The van der Waals surface area contributed by atoms with Gasteiger partial charge in [-0.2, -0.15) is 0 Å². The van der Waals surface area contributed by atoms with Gasteiger partial charge < -0.3 is 4.74 Å². The largest absolute Gasteiger partial charge is 0.471 e. The Balaban J connectivity index is 3.16. The molecule has 0 spiro atoms. The molecule has 0 atom stereocenters. The van der Waals surface area contributed by atoms with Crippen LogP contribution in [0.5, 0.6) is 0 Å². The molecule has 1 amide bonds. The van der Waals surface area contributed by atoms with Crippen molar-refractivity contribution in [3.8, 4) is 0 Å². The zero-order chi connectivity index (χ0) is 11.5. The maximum absolute atomic E-state index is 10.6. The first-order valence-electron chi connectivity index (χ1n) is 5.30. The first kappa shape index (κ1) is 15.1. The van der Waals surface area contributed by atoms with E-state index in [1.54, 1.807) is 22.6 Å². The Hall–Kier alpha value is 0.0900. The summed E-state index contributed by atoms with van der Waals surface area (Å²) in [6.07, 6.45) is 7.29. The van der Waals surface area contributed by atoms with Crippen LogP contribution in [0.4, 0.5) is 4.79 Å². The van der Waals surface area contributed by atoms with Crippen molar-refractivity contribution in [2.75, 3.05) is 6.61 Å². The van der Waals surface area contributed by atoms with Gasteiger partial charge >= 0.3 is 0 Å². The van der Waals surface area contributed by atoms with Gasteiger partial charge in [-0.25, -0.2) is 0 Å². The van der Waals surface area contributed by atoms with Crippen LogP contribution in [0.1, 0.15) is 45.4 Å². The van der Waals surface area contributed by atoms with Crippen molar-refractivity contribution >= 4 is 43.9 Å². The van der Waals surface area contributed by atoms with Gasteiger partial charge in [0.1, 0.15) is 0 Å². The van der Waals surface area contributed by atoms with Gasteiger partial charge in [-0.3, -0.25) is 10.1 Å². The summed E-state index contributed by atoms with van der Waals surface area (Å²) in [6.45, 7) is 2.80. The fourth-order valence-corrected chi connectivity index (χ4v) is 1.77. The third-order valence-electron chi connectivity index (χ3n) is 1.93. The zero-order valence-corrected chi connectivity index (χ0v) is 12.0. The van der Waals surface area contributed by atoms with E-state index in [0.717, 1.165) is 6.42 Å². The minimum atomic E-state index is -0.208. The molecule has 1 N–H and O–H groups in total. The molecule has 0 aromatic carbocycles. The first-order valence-corrected chi connectivity index (χ1v) is 6.78. The molecule has 0 bridgehead atoms. The van der Waals surface area contributed by atoms with Gasteiger partial charge in [0.25, 0.3) is 9.09 Å². The number of unbranched alkanes of at least 4 members (excludes halogenated alkanes) is 5. The molecule has 3 nitrogen and oxygen atoms in total. The summed E-state index contributed by atoms with van der Waals surface area (Å²) in [5.41, 5.74) is 0. The van der Waals surface area contributed by atoms with E-state index in [1.807, 2.05) is 0 Å². The fourth-order valence-electron chi connectivity index (χ4n) is 1.16. The molecular weight excluding hydrogens is 325 g/mol. The number of nitrogens with one attached hydrogen (secondary N) is 1. The van der Waals surface area contributed by atoms with E-state index in [4.69, 9.17) is 17.0 Å². The van der Waals surface area contributed by atoms with Crippen molar-refractivity contribution < 1.29 is 9.53 Å². The van der Waals surface area contributed by atoms with Crippen molar-refractivity contribution in [1.29, 1.82) is 0 Å². The van der Waals surface area contributed by atoms with Gasteiger partial charge in [0, 0.05) is 22.6 Å². The van der Waals surface area contributed by atoms with E-state index in [2.05, 4.69) is 12.2 Å². The lowest BCUT2D eigenvalue weighted by atomic mass is 10.1. The molecule has 0 aliphatic rings. The number of halogens is 1. The number of hydrogen-bond donors (Lipinski definition) is 1. The van der Waals surface area contributed by atoms with Crippen LogP contribution in [0, 0.1) is 0 Å². The summed E-state index contributed by atoms with van der Waals surface area (Å²) in [6, 6.07) is 0. The lowest BCUT2D eigenvalue weighted by molar-refractivity contribution is 0.258. The smallest absolute Gasteiger partial charge is 0.287 e. The van der Waals surface area contributed by atoms with Gasteiger partial charge in [0.2, 0.25) is 0 Å². The minimum absolute atomic E-state index is 0.183. The molecule has 5 heteroatoms. The normalized spacial score (nSPS) is 9.73. The maximum Gasteiger partial charge on any atom is 0.287 e. The quantitative estimate of drug-likeness (QED) is 0.251. The molecule has 15 heavy (non-hydrogen) atoms. The number of ether oxygens (including phenoxy) is 1. The summed E-state index contributed by atoms with van der Waals surface area (Å²) in [4.78, 5) is 10.6. The Morgan fingerprint density at radius 1 is 1.27 bits per heavy atom. The van der Waals surface area contributed by atoms with Gasteiger partial charge in [-0.1, -0.05) is 39.0 Å². The molecule has 0 heterocycles. The third kappa shape index (κ3) is 12.0. The highest BCUT2D eigenvalue weighted by Gasteiger charge is 1.99. The summed E-state index contributed by atoms with van der Waals surface area (Å²) in [5, 5.41) is 2.59. The van der Waals surface area contributed by atoms with Gasteiger partial charge in [-0.15, -0.1) is 0 Å². The number of carbonyl (C=O) groups is 1. The molecule has 0 unspecified atom stereocenters. The Bertz CT molecular complexity index is 200. The fraction of sp³-hybridized carbons (Fsp3) is 0.800. The lowest BCUT2D eigenvalue weighted by Gasteiger charge is -2.06. The summed E-state index contributed by atoms with van der Waals surface area (Å²) in [7, 11) is 0. The number of carbonyl (C=O) groups excluding carboxylic acids is 1. The Morgan fingerprint density at radius 3 is 2.47 bits per heavy atom. The molecule has 0 saturated heterocycles. The van der Waals surface area contributed by atoms with E-state index in [0.29, 0.717) is 6.61 Å². The molecule has 0 aromatic rings. The molecule has 0 saturated carbocycles. The monoisotopic (exact) mass is 343 g/mol. The average Bonchev–Trinajstić information content (AvgIpc) is 2.15. The van der Waals surface area contributed by atoms with Crippen molar-refractivity contribution in [3.05, 3.63) is 0 Å². The SMILES string of the molecule is CCCCCCCCOC(=S)NC(=O)I. The topological polar surface area (TPSA) is 38.3 Å². The Labute approximate surface area is 110 Å². The zero-order valence-electron chi connectivity index (χ0n) is 9.05. The van der Waals surface area contributed by atoms with Crippen LogP contribution in [0.15, 0.2) is 0 Å².